The first kappa shape index (κ1) is 11.6. The second-order valence-electron chi connectivity index (χ2n) is 2.40. The van der Waals surface area contributed by atoms with Crippen LogP contribution >= 0.6 is 12.4 Å². The number of carbonyl (C=O) groups is 1. The van der Waals surface area contributed by atoms with Crippen molar-refractivity contribution in [3.8, 4) is 0 Å². The van der Waals surface area contributed by atoms with Crippen LogP contribution in [-0.2, 0) is 4.79 Å². The van der Waals surface area contributed by atoms with Gasteiger partial charge in [-0.15, -0.1) is 12.4 Å². The van der Waals surface area contributed by atoms with E-state index >= 15 is 0 Å². The molecule has 0 amide bonds. The van der Waals surface area contributed by atoms with Crippen LogP contribution in [0.4, 0.5) is 0 Å². The fourth-order valence-electron chi connectivity index (χ4n) is 0.745. The Morgan fingerprint density at radius 3 is 2.69 bits per heavy atom. The summed E-state index contributed by atoms with van der Waals surface area (Å²) in [5, 5.41) is 8.32. The molecule has 0 saturated heterocycles. The molecule has 3 nitrogen and oxygen atoms in total. The van der Waals surface area contributed by atoms with E-state index in [4.69, 9.17) is 5.11 Å². The first-order valence-corrected chi connectivity index (χ1v) is 3.52. The Morgan fingerprint density at radius 1 is 1.54 bits per heavy atom. The average molecular weight is 200 g/mol. The number of aryl methyl sites for hydroxylation is 1. The zero-order valence-corrected chi connectivity index (χ0v) is 7.91. The Bertz CT molecular complexity index is 306. The Hall–Kier alpha value is -1.35. The highest BCUT2D eigenvalue weighted by atomic mass is 35.5. The molecule has 1 aromatic heterocycles. The molecule has 70 valence electrons. The molecule has 0 fully saturated rings. The van der Waals surface area contributed by atoms with Crippen LogP contribution in [-0.4, -0.2) is 16.1 Å². The molecule has 0 unspecified atom stereocenters. The number of halogens is 1. The van der Waals surface area contributed by atoms with Gasteiger partial charge in [0.2, 0.25) is 0 Å². The van der Waals surface area contributed by atoms with Crippen molar-refractivity contribution in [3.63, 3.8) is 0 Å². The van der Waals surface area contributed by atoms with Crippen molar-refractivity contribution in [3.05, 3.63) is 35.7 Å². The van der Waals surface area contributed by atoms with Gasteiger partial charge in [-0.2, -0.15) is 0 Å². The van der Waals surface area contributed by atoms with Crippen molar-refractivity contribution in [2.24, 2.45) is 0 Å². The summed E-state index contributed by atoms with van der Waals surface area (Å²) in [6, 6.07) is 3.66. The van der Waals surface area contributed by atoms with Crippen LogP contribution in [0.1, 0.15) is 11.3 Å². The molecule has 0 bridgehead atoms. The van der Waals surface area contributed by atoms with Crippen molar-refractivity contribution in [2.75, 3.05) is 0 Å². The van der Waals surface area contributed by atoms with Gasteiger partial charge in [-0.3, -0.25) is 4.98 Å². The molecule has 1 rings (SSSR count). The SMILES string of the molecule is Cc1ccc(/C=C/C(=O)O)cn1.Cl. The maximum atomic E-state index is 10.1. The molecule has 0 atom stereocenters. The van der Waals surface area contributed by atoms with Crippen LogP contribution in [0, 0.1) is 6.92 Å². The molecule has 0 aliphatic carbocycles. The number of hydrogen-bond donors (Lipinski definition) is 1. The van der Waals surface area contributed by atoms with E-state index in [-0.39, 0.29) is 12.4 Å². The first-order chi connectivity index (χ1) is 5.68. The second-order valence-corrected chi connectivity index (χ2v) is 2.40. The molecule has 0 aliphatic rings. The third-order valence-corrected chi connectivity index (χ3v) is 1.35. The lowest BCUT2D eigenvalue weighted by Gasteiger charge is -1.92. The highest BCUT2D eigenvalue weighted by molar-refractivity contribution is 5.85. The summed E-state index contributed by atoms with van der Waals surface area (Å²) in [5.41, 5.74) is 1.71. The lowest BCUT2D eigenvalue weighted by molar-refractivity contribution is -0.131. The number of aliphatic carboxylic acids is 1. The van der Waals surface area contributed by atoms with Gasteiger partial charge in [0.05, 0.1) is 0 Å². The van der Waals surface area contributed by atoms with Gasteiger partial charge in [-0.1, -0.05) is 6.07 Å². The van der Waals surface area contributed by atoms with Crippen LogP contribution < -0.4 is 0 Å². The molecular formula is C9H10ClNO2. The van der Waals surface area contributed by atoms with Crippen LogP contribution in [0.3, 0.4) is 0 Å². The van der Waals surface area contributed by atoms with Crippen LogP contribution in [0.15, 0.2) is 24.4 Å². The van der Waals surface area contributed by atoms with Gasteiger partial charge in [0.25, 0.3) is 0 Å². The van der Waals surface area contributed by atoms with Crippen molar-refractivity contribution in [1.29, 1.82) is 0 Å². The summed E-state index contributed by atoms with van der Waals surface area (Å²) in [7, 11) is 0. The predicted molar refractivity (Wildman–Crippen MR) is 52.9 cm³/mol. The van der Waals surface area contributed by atoms with Gasteiger partial charge >= 0.3 is 5.97 Å². The van der Waals surface area contributed by atoms with Gasteiger partial charge in [0, 0.05) is 18.0 Å². The molecular weight excluding hydrogens is 190 g/mol. The molecule has 1 heterocycles. The van der Waals surface area contributed by atoms with Gasteiger partial charge in [-0.25, -0.2) is 4.79 Å². The molecule has 1 N–H and O–H groups in total. The summed E-state index contributed by atoms with van der Waals surface area (Å²) in [6.45, 7) is 1.88. The minimum absolute atomic E-state index is 0. The lowest BCUT2D eigenvalue weighted by Crippen LogP contribution is -1.86. The second kappa shape index (κ2) is 5.32. The smallest absolute Gasteiger partial charge is 0.328 e. The van der Waals surface area contributed by atoms with Crippen LogP contribution in [0.5, 0.6) is 0 Å². The predicted octanol–water partition coefficient (Wildman–Crippen LogP) is 1.91. The third-order valence-electron chi connectivity index (χ3n) is 1.35. The molecule has 0 aromatic carbocycles. The summed E-state index contributed by atoms with van der Waals surface area (Å²) < 4.78 is 0. The molecule has 0 saturated carbocycles. The maximum absolute atomic E-state index is 10.1. The number of carboxylic acids is 1. The van der Waals surface area contributed by atoms with Crippen LogP contribution in [0.25, 0.3) is 6.08 Å². The molecule has 0 spiro atoms. The summed E-state index contributed by atoms with van der Waals surface area (Å²) in [6.07, 6.45) is 4.23. The Kier molecular flexibility index (Phi) is 4.77. The quantitative estimate of drug-likeness (QED) is 0.741. The van der Waals surface area contributed by atoms with E-state index in [2.05, 4.69) is 4.98 Å². The van der Waals surface area contributed by atoms with E-state index in [1.165, 1.54) is 6.08 Å². The number of aromatic nitrogens is 1. The van der Waals surface area contributed by atoms with Crippen LogP contribution in [0.2, 0.25) is 0 Å². The summed E-state index contributed by atoms with van der Waals surface area (Å²) in [5.74, 6) is -0.949. The standard InChI is InChI=1S/C9H9NO2.ClH/c1-7-2-3-8(6-10-7)4-5-9(11)12;/h2-6H,1H3,(H,11,12);1H/b5-4+;. The van der Waals surface area contributed by atoms with E-state index in [0.717, 1.165) is 17.3 Å². The van der Waals surface area contributed by atoms with Crippen molar-refractivity contribution in [2.45, 2.75) is 6.92 Å². The number of carboxylic acid groups (broad SMARTS) is 1. The van der Waals surface area contributed by atoms with E-state index in [9.17, 15) is 4.79 Å². The number of rotatable bonds is 2. The van der Waals surface area contributed by atoms with Crippen molar-refractivity contribution < 1.29 is 9.90 Å². The van der Waals surface area contributed by atoms with Gasteiger partial charge < -0.3 is 5.11 Å². The third kappa shape index (κ3) is 4.28. The average Bonchev–Trinajstić information content (AvgIpc) is 2.03. The number of hydrogen-bond acceptors (Lipinski definition) is 2. The van der Waals surface area contributed by atoms with Gasteiger partial charge in [0.1, 0.15) is 0 Å². The fourth-order valence-corrected chi connectivity index (χ4v) is 0.745. The van der Waals surface area contributed by atoms with E-state index in [1.54, 1.807) is 6.20 Å². The normalized spacial score (nSPS) is 9.62. The minimum atomic E-state index is -0.949. The van der Waals surface area contributed by atoms with Crippen molar-refractivity contribution in [1.82, 2.24) is 4.98 Å². The summed E-state index contributed by atoms with van der Waals surface area (Å²) >= 11 is 0. The molecule has 13 heavy (non-hydrogen) atoms. The van der Waals surface area contributed by atoms with E-state index < -0.39 is 5.97 Å². The van der Waals surface area contributed by atoms with Gasteiger partial charge in [-0.05, 0) is 24.6 Å². The summed E-state index contributed by atoms with van der Waals surface area (Å²) in [4.78, 5) is 14.1. The molecule has 0 aliphatic heterocycles. The fraction of sp³-hybridized carbons (Fsp3) is 0.111. The Labute approximate surface area is 82.5 Å². The molecule has 0 radical (unpaired) electrons. The van der Waals surface area contributed by atoms with Gasteiger partial charge in [0.15, 0.2) is 0 Å². The Balaban J connectivity index is 0.00000144. The largest absolute Gasteiger partial charge is 0.478 e. The zero-order chi connectivity index (χ0) is 8.97. The lowest BCUT2D eigenvalue weighted by atomic mass is 10.2. The highest BCUT2D eigenvalue weighted by Gasteiger charge is 1.89. The number of pyridine rings is 1. The maximum Gasteiger partial charge on any atom is 0.328 e. The zero-order valence-electron chi connectivity index (χ0n) is 7.10. The Morgan fingerprint density at radius 2 is 2.23 bits per heavy atom. The molecule has 1 aromatic rings. The van der Waals surface area contributed by atoms with E-state index in [1.807, 2.05) is 19.1 Å². The van der Waals surface area contributed by atoms with Crippen molar-refractivity contribution >= 4 is 24.5 Å². The molecule has 4 heteroatoms. The minimum Gasteiger partial charge on any atom is -0.478 e. The number of nitrogens with zero attached hydrogens (tertiary/aromatic N) is 1. The monoisotopic (exact) mass is 199 g/mol. The highest BCUT2D eigenvalue weighted by Crippen LogP contribution is 2.00. The first-order valence-electron chi connectivity index (χ1n) is 3.52. The topological polar surface area (TPSA) is 50.2 Å². The van der Waals surface area contributed by atoms with E-state index in [0.29, 0.717) is 0 Å².